The molecule has 0 unspecified atom stereocenters. The summed E-state index contributed by atoms with van der Waals surface area (Å²) in [5, 5.41) is 0. The second-order valence-electron chi connectivity index (χ2n) is 3.65. The van der Waals surface area contributed by atoms with Gasteiger partial charge in [0.1, 0.15) is 4.21 Å². The van der Waals surface area contributed by atoms with Crippen LogP contribution in [-0.4, -0.2) is 25.8 Å². The summed E-state index contributed by atoms with van der Waals surface area (Å²) in [6.45, 7) is 1.30. The Hall–Kier alpha value is 0.570. The number of hydrogen-bond donors (Lipinski definition) is 0. The van der Waals surface area contributed by atoms with E-state index in [-0.39, 0.29) is 0 Å². The maximum atomic E-state index is 12.2. The van der Waals surface area contributed by atoms with E-state index in [0.29, 0.717) is 17.3 Å². The van der Waals surface area contributed by atoms with Crippen molar-refractivity contribution in [3.8, 4) is 0 Å². The van der Waals surface area contributed by atoms with Crippen molar-refractivity contribution in [3.63, 3.8) is 0 Å². The number of halogens is 2. The van der Waals surface area contributed by atoms with Gasteiger partial charge >= 0.3 is 0 Å². The van der Waals surface area contributed by atoms with Crippen LogP contribution in [0, 0.1) is 0 Å². The zero-order valence-corrected chi connectivity index (χ0v) is 13.3. The molecule has 1 fully saturated rings. The maximum Gasteiger partial charge on any atom is 0.252 e. The van der Waals surface area contributed by atoms with Crippen LogP contribution < -0.4 is 0 Å². The molecule has 0 N–H and O–H groups in total. The van der Waals surface area contributed by atoms with Crippen LogP contribution in [0.25, 0.3) is 0 Å². The van der Waals surface area contributed by atoms with Crippen LogP contribution in [-0.2, 0) is 10.0 Å². The molecule has 7 heteroatoms. The number of rotatable bonds is 2. The first-order chi connectivity index (χ1) is 7.51. The molecule has 1 aromatic heterocycles. The monoisotopic (exact) mass is 387 g/mol. The van der Waals surface area contributed by atoms with Crippen molar-refractivity contribution >= 4 is 53.2 Å². The third-order valence-electron chi connectivity index (χ3n) is 2.53. The van der Waals surface area contributed by atoms with Crippen LogP contribution in [0.1, 0.15) is 19.3 Å². The van der Waals surface area contributed by atoms with Gasteiger partial charge in [0.2, 0.25) is 0 Å². The summed E-state index contributed by atoms with van der Waals surface area (Å²) in [5.41, 5.74) is 0. The average Bonchev–Trinajstić information content (AvgIpc) is 2.61. The Labute approximate surface area is 116 Å². The molecule has 1 aromatic rings. The van der Waals surface area contributed by atoms with E-state index in [1.165, 1.54) is 11.3 Å². The number of hydrogen-bond acceptors (Lipinski definition) is 3. The summed E-state index contributed by atoms with van der Waals surface area (Å²) in [6, 6.07) is 1.67. The van der Waals surface area contributed by atoms with Gasteiger partial charge in [-0.1, -0.05) is 6.42 Å². The van der Waals surface area contributed by atoms with Crippen LogP contribution >= 0.6 is 43.2 Å². The first-order valence-electron chi connectivity index (χ1n) is 4.97. The summed E-state index contributed by atoms with van der Waals surface area (Å²) >= 11 is 7.89. The third-order valence-corrected chi connectivity index (χ3v) is 8.14. The smallest absolute Gasteiger partial charge is 0.206 e. The average molecular weight is 389 g/mol. The summed E-state index contributed by atoms with van der Waals surface area (Å²) < 4.78 is 28.1. The van der Waals surface area contributed by atoms with Gasteiger partial charge in [0.15, 0.2) is 0 Å². The van der Waals surface area contributed by atoms with Gasteiger partial charge in [0, 0.05) is 17.6 Å². The number of nitrogens with zero attached hydrogens (tertiary/aromatic N) is 1. The lowest BCUT2D eigenvalue weighted by Crippen LogP contribution is -2.35. The van der Waals surface area contributed by atoms with E-state index in [2.05, 4.69) is 31.9 Å². The van der Waals surface area contributed by atoms with Crippen LogP contribution in [0.5, 0.6) is 0 Å². The fourth-order valence-corrected chi connectivity index (χ4v) is 6.18. The molecule has 1 aliphatic heterocycles. The summed E-state index contributed by atoms with van der Waals surface area (Å²) in [5.74, 6) is 0. The van der Waals surface area contributed by atoms with Gasteiger partial charge in [-0.15, -0.1) is 11.3 Å². The van der Waals surface area contributed by atoms with Gasteiger partial charge in [-0.3, -0.25) is 0 Å². The molecule has 0 atom stereocenters. The lowest BCUT2D eigenvalue weighted by molar-refractivity contribution is 0.347. The summed E-state index contributed by atoms with van der Waals surface area (Å²) in [4.78, 5) is 0. The molecular weight excluding hydrogens is 378 g/mol. The van der Waals surface area contributed by atoms with E-state index < -0.39 is 10.0 Å². The minimum Gasteiger partial charge on any atom is -0.206 e. The van der Waals surface area contributed by atoms with E-state index in [1.807, 2.05) is 0 Å². The zero-order chi connectivity index (χ0) is 11.8. The van der Waals surface area contributed by atoms with E-state index in [9.17, 15) is 8.42 Å². The molecule has 3 nitrogen and oxygen atoms in total. The highest BCUT2D eigenvalue weighted by Gasteiger charge is 2.28. The summed E-state index contributed by atoms with van der Waals surface area (Å²) in [7, 11) is -3.27. The second kappa shape index (κ2) is 5.06. The highest BCUT2D eigenvalue weighted by Crippen LogP contribution is 2.36. The van der Waals surface area contributed by atoms with Crippen molar-refractivity contribution in [2.24, 2.45) is 0 Å². The fourth-order valence-electron chi connectivity index (χ4n) is 1.69. The molecule has 0 radical (unpaired) electrons. The van der Waals surface area contributed by atoms with E-state index in [0.717, 1.165) is 27.5 Å². The van der Waals surface area contributed by atoms with Crippen LogP contribution in [0.2, 0.25) is 0 Å². The first kappa shape index (κ1) is 13.0. The molecule has 0 amide bonds. The fraction of sp³-hybridized carbons (Fsp3) is 0.556. The van der Waals surface area contributed by atoms with Gasteiger partial charge in [0.05, 0.1) is 3.79 Å². The van der Waals surface area contributed by atoms with Crippen molar-refractivity contribution in [3.05, 3.63) is 14.3 Å². The Bertz CT molecular complexity index is 458. The molecule has 0 bridgehead atoms. The minimum absolute atomic E-state index is 0.410. The molecule has 1 aliphatic rings. The molecule has 16 heavy (non-hydrogen) atoms. The van der Waals surface area contributed by atoms with Crippen LogP contribution in [0.15, 0.2) is 18.5 Å². The number of piperidine rings is 1. The molecule has 0 spiro atoms. The topological polar surface area (TPSA) is 37.4 Å². The molecule has 1 saturated heterocycles. The highest BCUT2D eigenvalue weighted by atomic mass is 79.9. The lowest BCUT2D eigenvalue weighted by Gasteiger charge is -2.24. The standard InChI is InChI=1S/C9H11Br2NO2S2/c10-7-6-8(15-9(7)11)16(13,14)12-4-2-1-3-5-12/h6H,1-5H2. The molecule has 2 heterocycles. The predicted octanol–water partition coefficient (Wildman–Crippen LogP) is 3.45. The lowest BCUT2D eigenvalue weighted by atomic mass is 10.2. The minimum atomic E-state index is -3.27. The van der Waals surface area contributed by atoms with Crippen molar-refractivity contribution in [1.82, 2.24) is 4.31 Å². The SMILES string of the molecule is O=S(=O)(c1cc(Br)c(Br)s1)N1CCCCC1. The Kier molecular flexibility index (Phi) is 4.11. The van der Waals surface area contributed by atoms with Crippen molar-refractivity contribution in [2.75, 3.05) is 13.1 Å². The number of sulfonamides is 1. The van der Waals surface area contributed by atoms with Crippen LogP contribution in [0.3, 0.4) is 0 Å². The van der Waals surface area contributed by atoms with Crippen molar-refractivity contribution in [1.29, 1.82) is 0 Å². The largest absolute Gasteiger partial charge is 0.252 e. The number of thiophene rings is 1. The summed E-state index contributed by atoms with van der Waals surface area (Å²) in [6.07, 6.45) is 3.06. The molecule has 0 saturated carbocycles. The van der Waals surface area contributed by atoms with E-state index in [1.54, 1.807) is 10.4 Å². The van der Waals surface area contributed by atoms with Crippen LogP contribution in [0.4, 0.5) is 0 Å². The molecule has 2 rings (SSSR count). The first-order valence-corrected chi connectivity index (χ1v) is 8.81. The maximum absolute atomic E-state index is 12.2. The Morgan fingerprint density at radius 2 is 1.81 bits per heavy atom. The van der Waals surface area contributed by atoms with Gasteiger partial charge in [-0.2, -0.15) is 4.31 Å². The quantitative estimate of drug-likeness (QED) is 0.777. The Morgan fingerprint density at radius 1 is 1.19 bits per heavy atom. The van der Waals surface area contributed by atoms with E-state index in [4.69, 9.17) is 0 Å². The normalized spacial score (nSPS) is 18.9. The van der Waals surface area contributed by atoms with Gasteiger partial charge in [-0.25, -0.2) is 8.42 Å². The Morgan fingerprint density at radius 3 is 2.31 bits per heavy atom. The van der Waals surface area contributed by atoms with Crippen molar-refractivity contribution < 1.29 is 8.42 Å². The van der Waals surface area contributed by atoms with Gasteiger partial charge in [-0.05, 0) is 50.8 Å². The molecule has 0 aromatic carbocycles. The third kappa shape index (κ3) is 2.53. The van der Waals surface area contributed by atoms with E-state index >= 15 is 0 Å². The van der Waals surface area contributed by atoms with Gasteiger partial charge < -0.3 is 0 Å². The Balaban J connectivity index is 2.30. The van der Waals surface area contributed by atoms with Crippen molar-refractivity contribution in [2.45, 2.75) is 23.5 Å². The van der Waals surface area contributed by atoms with Gasteiger partial charge in [0.25, 0.3) is 10.0 Å². The molecular formula is C9H11Br2NO2S2. The molecule has 0 aliphatic carbocycles. The highest BCUT2D eigenvalue weighted by molar-refractivity contribution is 9.13. The second-order valence-corrected chi connectivity index (χ2v) is 9.04. The zero-order valence-electron chi connectivity index (χ0n) is 8.45. The predicted molar refractivity (Wildman–Crippen MR) is 72.3 cm³/mol. The molecule has 90 valence electrons.